The van der Waals surface area contributed by atoms with Crippen LogP contribution in [0.3, 0.4) is 0 Å². The van der Waals surface area contributed by atoms with Gasteiger partial charge >= 0.3 is 0 Å². The van der Waals surface area contributed by atoms with Gasteiger partial charge in [-0.05, 0) is 45.4 Å². The van der Waals surface area contributed by atoms with E-state index < -0.39 is 6.10 Å². The van der Waals surface area contributed by atoms with Gasteiger partial charge in [0.15, 0.2) is 0 Å². The highest BCUT2D eigenvalue weighted by Crippen LogP contribution is 2.36. The van der Waals surface area contributed by atoms with E-state index in [1.807, 2.05) is 12.1 Å². The Balaban J connectivity index is 1.86. The zero-order valence-corrected chi connectivity index (χ0v) is 11.8. The normalized spacial score (nSPS) is 31.6. The number of benzene rings is 1. The van der Waals surface area contributed by atoms with E-state index in [1.165, 1.54) is 24.8 Å². The Kier molecular flexibility index (Phi) is 3.50. The molecule has 2 aliphatic rings. The van der Waals surface area contributed by atoms with E-state index in [9.17, 15) is 5.11 Å². The van der Waals surface area contributed by atoms with E-state index >= 15 is 0 Å². The fraction of sp³-hybridized carbons (Fsp3) is 0.625. The van der Waals surface area contributed by atoms with Crippen LogP contribution in [0.5, 0.6) is 5.75 Å². The third-order valence-corrected chi connectivity index (χ3v) is 4.54. The van der Waals surface area contributed by atoms with Gasteiger partial charge in [0.25, 0.3) is 0 Å². The summed E-state index contributed by atoms with van der Waals surface area (Å²) >= 11 is 0. The van der Waals surface area contributed by atoms with Gasteiger partial charge in [-0.15, -0.1) is 0 Å². The molecule has 0 radical (unpaired) electrons. The smallest absolute Gasteiger partial charge is 0.125 e. The molecule has 0 aliphatic carbocycles. The first-order valence-electron chi connectivity index (χ1n) is 7.34. The average Bonchev–Trinajstić information content (AvgIpc) is 2.41. The second kappa shape index (κ2) is 5.14. The number of fused-ring (bicyclic) bond motifs is 1. The van der Waals surface area contributed by atoms with Crippen LogP contribution in [0, 0.1) is 6.92 Å². The SMILES string of the molecule is Cc1ccc2c(c1)C(O)C(N1CCCCC1C)CO2. The van der Waals surface area contributed by atoms with Crippen LogP contribution in [0.1, 0.15) is 43.4 Å². The number of hydrogen-bond donors (Lipinski definition) is 1. The first-order chi connectivity index (χ1) is 9.16. The van der Waals surface area contributed by atoms with Gasteiger partial charge in [-0.1, -0.05) is 18.1 Å². The minimum absolute atomic E-state index is 0.101. The highest BCUT2D eigenvalue weighted by molar-refractivity contribution is 5.40. The quantitative estimate of drug-likeness (QED) is 0.843. The third kappa shape index (κ3) is 2.37. The molecule has 0 saturated carbocycles. The van der Waals surface area contributed by atoms with Crippen molar-refractivity contribution in [2.75, 3.05) is 13.2 Å². The molecule has 0 bridgehead atoms. The Hall–Kier alpha value is -1.06. The van der Waals surface area contributed by atoms with Crippen LogP contribution in [0.25, 0.3) is 0 Å². The van der Waals surface area contributed by atoms with Crippen LogP contribution in [-0.4, -0.2) is 35.2 Å². The molecule has 1 aromatic carbocycles. The number of nitrogens with zero attached hydrogens (tertiary/aromatic N) is 1. The molecule has 3 unspecified atom stereocenters. The number of hydrogen-bond acceptors (Lipinski definition) is 3. The number of aryl methyl sites for hydroxylation is 1. The fourth-order valence-electron chi connectivity index (χ4n) is 3.39. The van der Waals surface area contributed by atoms with Gasteiger partial charge < -0.3 is 9.84 Å². The van der Waals surface area contributed by atoms with Gasteiger partial charge in [0.1, 0.15) is 18.5 Å². The van der Waals surface area contributed by atoms with Crippen LogP contribution in [0.2, 0.25) is 0 Å². The first kappa shape index (κ1) is 12.9. The van der Waals surface area contributed by atoms with Crippen molar-refractivity contribution in [3.63, 3.8) is 0 Å². The summed E-state index contributed by atoms with van der Waals surface area (Å²) in [5.74, 6) is 0.846. The van der Waals surface area contributed by atoms with Crippen molar-refractivity contribution in [1.82, 2.24) is 4.90 Å². The summed E-state index contributed by atoms with van der Waals surface area (Å²) in [5, 5.41) is 10.7. The minimum atomic E-state index is -0.427. The lowest BCUT2D eigenvalue weighted by Crippen LogP contribution is -2.51. The van der Waals surface area contributed by atoms with Gasteiger partial charge in [-0.25, -0.2) is 0 Å². The molecule has 2 aliphatic heterocycles. The molecule has 3 heteroatoms. The summed E-state index contributed by atoms with van der Waals surface area (Å²) in [6.07, 6.45) is 3.33. The van der Waals surface area contributed by atoms with Gasteiger partial charge in [0, 0.05) is 11.6 Å². The lowest BCUT2D eigenvalue weighted by atomic mass is 9.93. The second-order valence-electron chi connectivity index (χ2n) is 5.95. The predicted octanol–water partition coefficient (Wildman–Crippen LogP) is 2.66. The van der Waals surface area contributed by atoms with E-state index in [-0.39, 0.29) is 6.04 Å². The first-order valence-corrected chi connectivity index (χ1v) is 7.34. The number of aliphatic hydroxyl groups excluding tert-OH is 1. The number of ether oxygens (including phenoxy) is 1. The van der Waals surface area contributed by atoms with Gasteiger partial charge in [-0.3, -0.25) is 4.90 Å². The fourth-order valence-corrected chi connectivity index (χ4v) is 3.39. The van der Waals surface area contributed by atoms with Crippen molar-refractivity contribution >= 4 is 0 Å². The van der Waals surface area contributed by atoms with E-state index in [1.54, 1.807) is 0 Å². The molecule has 0 aromatic heterocycles. The maximum absolute atomic E-state index is 10.7. The summed E-state index contributed by atoms with van der Waals surface area (Å²) < 4.78 is 5.86. The third-order valence-electron chi connectivity index (χ3n) is 4.54. The van der Waals surface area contributed by atoms with Crippen molar-refractivity contribution < 1.29 is 9.84 Å². The molecule has 19 heavy (non-hydrogen) atoms. The van der Waals surface area contributed by atoms with Crippen LogP contribution in [0.4, 0.5) is 0 Å². The lowest BCUT2D eigenvalue weighted by Gasteiger charge is -2.43. The molecule has 104 valence electrons. The summed E-state index contributed by atoms with van der Waals surface area (Å²) in [7, 11) is 0. The molecule has 0 spiro atoms. The van der Waals surface area contributed by atoms with E-state index in [0.29, 0.717) is 12.6 Å². The van der Waals surface area contributed by atoms with E-state index in [2.05, 4.69) is 24.8 Å². The van der Waals surface area contributed by atoms with Crippen LogP contribution < -0.4 is 4.74 Å². The Bertz CT molecular complexity index is 460. The summed E-state index contributed by atoms with van der Waals surface area (Å²) in [5.41, 5.74) is 2.13. The van der Waals surface area contributed by atoms with Crippen molar-refractivity contribution in [1.29, 1.82) is 0 Å². The summed E-state index contributed by atoms with van der Waals surface area (Å²) in [6, 6.07) is 6.72. The number of piperidine rings is 1. The predicted molar refractivity (Wildman–Crippen MR) is 75.4 cm³/mol. The Labute approximate surface area is 115 Å². The van der Waals surface area contributed by atoms with Crippen molar-refractivity contribution in [2.45, 2.75) is 51.3 Å². The zero-order chi connectivity index (χ0) is 13.4. The van der Waals surface area contributed by atoms with Crippen molar-refractivity contribution in [2.24, 2.45) is 0 Å². The number of likely N-dealkylation sites (tertiary alicyclic amines) is 1. The Morgan fingerprint density at radius 2 is 2.16 bits per heavy atom. The van der Waals surface area contributed by atoms with Gasteiger partial charge in [0.05, 0.1) is 6.04 Å². The van der Waals surface area contributed by atoms with E-state index in [0.717, 1.165) is 17.9 Å². The van der Waals surface area contributed by atoms with E-state index in [4.69, 9.17) is 4.74 Å². The minimum Gasteiger partial charge on any atom is -0.491 e. The molecule has 1 fully saturated rings. The second-order valence-corrected chi connectivity index (χ2v) is 5.95. The maximum atomic E-state index is 10.7. The highest BCUT2D eigenvalue weighted by Gasteiger charge is 2.36. The van der Waals surface area contributed by atoms with Crippen LogP contribution in [0.15, 0.2) is 18.2 Å². The molecule has 3 nitrogen and oxygen atoms in total. The van der Waals surface area contributed by atoms with Crippen LogP contribution >= 0.6 is 0 Å². The monoisotopic (exact) mass is 261 g/mol. The lowest BCUT2D eigenvalue weighted by molar-refractivity contribution is -0.0246. The topological polar surface area (TPSA) is 32.7 Å². The highest BCUT2D eigenvalue weighted by atomic mass is 16.5. The summed E-state index contributed by atoms with van der Waals surface area (Å²) in [4.78, 5) is 2.43. The molecule has 2 heterocycles. The molecular weight excluding hydrogens is 238 g/mol. The Morgan fingerprint density at radius 3 is 2.95 bits per heavy atom. The number of aliphatic hydroxyl groups is 1. The standard InChI is InChI=1S/C16H23NO2/c1-11-6-7-15-13(9-11)16(18)14(10-19-15)17-8-4-3-5-12(17)2/h6-7,9,12,14,16,18H,3-5,8,10H2,1-2H3. The molecular formula is C16H23NO2. The summed E-state index contributed by atoms with van der Waals surface area (Å²) in [6.45, 7) is 5.99. The Morgan fingerprint density at radius 1 is 1.32 bits per heavy atom. The van der Waals surface area contributed by atoms with Gasteiger partial charge in [-0.2, -0.15) is 0 Å². The average molecular weight is 261 g/mol. The molecule has 1 saturated heterocycles. The van der Waals surface area contributed by atoms with Crippen molar-refractivity contribution in [3.8, 4) is 5.75 Å². The number of rotatable bonds is 1. The molecule has 0 amide bonds. The zero-order valence-electron chi connectivity index (χ0n) is 11.8. The van der Waals surface area contributed by atoms with Gasteiger partial charge in [0.2, 0.25) is 0 Å². The van der Waals surface area contributed by atoms with Crippen LogP contribution in [-0.2, 0) is 0 Å². The van der Waals surface area contributed by atoms with Crippen molar-refractivity contribution in [3.05, 3.63) is 29.3 Å². The maximum Gasteiger partial charge on any atom is 0.125 e. The molecule has 1 N–H and O–H groups in total. The largest absolute Gasteiger partial charge is 0.491 e. The molecule has 3 atom stereocenters. The molecule has 1 aromatic rings. The molecule has 3 rings (SSSR count).